The lowest BCUT2D eigenvalue weighted by molar-refractivity contribution is -0.116. The van der Waals surface area contributed by atoms with Crippen molar-refractivity contribution >= 4 is 45.4 Å². The van der Waals surface area contributed by atoms with Gasteiger partial charge in [0.25, 0.3) is 5.56 Å². The second-order valence-electron chi connectivity index (χ2n) is 11.2. The molecular formula is C32H34N8O5. The number of piperazine rings is 1. The lowest BCUT2D eigenvalue weighted by Gasteiger charge is -2.37. The predicted octanol–water partition coefficient (Wildman–Crippen LogP) is 3.38. The van der Waals surface area contributed by atoms with E-state index in [1.54, 1.807) is 29.2 Å². The van der Waals surface area contributed by atoms with Gasteiger partial charge in [-0.05, 0) is 55.2 Å². The van der Waals surface area contributed by atoms with E-state index in [9.17, 15) is 14.7 Å². The van der Waals surface area contributed by atoms with E-state index in [0.717, 1.165) is 22.1 Å². The maximum Gasteiger partial charge on any atom is 0.299 e. The first-order chi connectivity index (χ1) is 21.9. The Morgan fingerprint density at radius 1 is 1.11 bits per heavy atom. The van der Waals surface area contributed by atoms with Gasteiger partial charge in [0.1, 0.15) is 17.8 Å². The Morgan fingerprint density at radius 3 is 2.69 bits per heavy atom. The minimum Gasteiger partial charge on any atom is -0.504 e. The van der Waals surface area contributed by atoms with Crippen molar-refractivity contribution in [3.05, 3.63) is 76.3 Å². The van der Waals surface area contributed by atoms with Crippen LogP contribution in [0.3, 0.4) is 0 Å². The molecule has 2 aliphatic heterocycles. The third-order valence-electron chi connectivity index (χ3n) is 8.46. The number of carbonyl (C=O) groups excluding carboxylic acids is 1. The molecule has 0 unspecified atom stereocenters. The van der Waals surface area contributed by atoms with Gasteiger partial charge >= 0.3 is 0 Å². The van der Waals surface area contributed by atoms with E-state index in [1.807, 2.05) is 47.9 Å². The Balaban J connectivity index is 1.27. The molecular weight excluding hydrogens is 576 g/mol. The zero-order valence-electron chi connectivity index (χ0n) is 25.2. The molecule has 4 aromatic heterocycles. The van der Waals surface area contributed by atoms with Gasteiger partial charge < -0.3 is 33.9 Å². The quantitative estimate of drug-likeness (QED) is 0.282. The smallest absolute Gasteiger partial charge is 0.299 e. The average Bonchev–Trinajstić information content (AvgIpc) is 3.74. The summed E-state index contributed by atoms with van der Waals surface area (Å²) in [6.45, 7) is 6.99. The zero-order valence-corrected chi connectivity index (χ0v) is 25.2. The Labute approximate surface area is 258 Å². The number of amides is 1. The number of furan rings is 1. The van der Waals surface area contributed by atoms with Gasteiger partial charge in [-0.25, -0.2) is 4.98 Å². The highest BCUT2D eigenvalue weighted by atomic mass is 16.5. The molecule has 0 radical (unpaired) electrons. The Hall–Kier alpha value is -5.17. The largest absolute Gasteiger partial charge is 0.504 e. The SMILES string of the molecule is CCc1c(N2CCN(c3ncccc3O)CC2)c(=O)n2nc(C3=CCOCC3)nc2n1CC(=O)Nc1ccc(C)c2occc12. The van der Waals surface area contributed by atoms with E-state index in [0.29, 0.717) is 86.7 Å². The van der Waals surface area contributed by atoms with E-state index in [2.05, 4.69) is 15.4 Å². The number of hydrogen-bond donors (Lipinski definition) is 2. The number of nitrogens with one attached hydrogen (secondary N) is 1. The molecule has 1 fully saturated rings. The van der Waals surface area contributed by atoms with E-state index in [1.165, 1.54) is 4.52 Å². The molecule has 1 saturated heterocycles. The summed E-state index contributed by atoms with van der Waals surface area (Å²) in [5, 5.41) is 18.9. The van der Waals surface area contributed by atoms with Gasteiger partial charge in [0.15, 0.2) is 17.4 Å². The number of fused-ring (bicyclic) bond motifs is 2. The van der Waals surface area contributed by atoms with Crippen molar-refractivity contribution in [3.8, 4) is 5.75 Å². The van der Waals surface area contributed by atoms with Crippen LogP contribution in [0.5, 0.6) is 5.75 Å². The van der Waals surface area contributed by atoms with Crippen LogP contribution in [0, 0.1) is 6.92 Å². The summed E-state index contributed by atoms with van der Waals surface area (Å²) in [4.78, 5) is 41.0. The number of aryl methyl sites for hydroxylation is 1. The molecule has 7 rings (SSSR count). The van der Waals surface area contributed by atoms with Crippen LogP contribution in [-0.2, 0) is 22.5 Å². The molecule has 2 N–H and O–H groups in total. The summed E-state index contributed by atoms with van der Waals surface area (Å²) in [5.74, 6) is 1.14. The van der Waals surface area contributed by atoms with Crippen molar-refractivity contribution in [2.75, 3.05) is 54.5 Å². The standard InChI is InChI=1S/C32H34N8O5/c1-3-24-27(37-12-14-38(15-13-37)30-25(41)5-4-11-33-30)31(43)40-32(35-29(36-40)21-8-16-44-17-9-21)39(24)19-26(42)34-23-7-6-20(2)28-22(23)10-18-45-28/h4-8,10-11,18,41H,3,9,12-17,19H2,1-2H3,(H,34,42). The Morgan fingerprint density at radius 2 is 1.93 bits per heavy atom. The predicted molar refractivity (Wildman–Crippen MR) is 170 cm³/mol. The fraction of sp³-hybridized carbons (Fsp3) is 0.344. The lowest BCUT2D eigenvalue weighted by atomic mass is 10.1. The number of benzene rings is 1. The molecule has 232 valence electrons. The number of nitrogens with zero attached hydrogens (tertiary/aromatic N) is 7. The first-order valence-corrected chi connectivity index (χ1v) is 15.1. The zero-order chi connectivity index (χ0) is 31.1. The van der Waals surface area contributed by atoms with E-state index in [4.69, 9.17) is 14.1 Å². The molecule has 1 aromatic carbocycles. The number of pyridine rings is 1. The number of aromatic nitrogens is 5. The van der Waals surface area contributed by atoms with Crippen molar-refractivity contribution < 1.29 is 19.1 Å². The fourth-order valence-corrected chi connectivity index (χ4v) is 6.21. The van der Waals surface area contributed by atoms with Crippen LogP contribution in [0.4, 0.5) is 17.2 Å². The summed E-state index contributed by atoms with van der Waals surface area (Å²) in [7, 11) is 0. The van der Waals surface area contributed by atoms with Gasteiger partial charge in [-0.2, -0.15) is 9.50 Å². The van der Waals surface area contributed by atoms with Crippen LogP contribution in [0.15, 0.2) is 58.1 Å². The van der Waals surface area contributed by atoms with Crippen LogP contribution in [-0.4, -0.2) is 74.6 Å². The summed E-state index contributed by atoms with van der Waals surface area (Å²) < 4.78 is 14.2. The van der Waals surface area contributed by atoms with Gasteiger partial charge in [-0.3, -0.25) is 9.59 Å². The number of aromatic hydroxyl groups is 1. The molecule has 13 nitrogen and oxygen atoms in total. The normalized spacial score (nSPS) is 15.6. The van der Waals surface area contributed by atoms with Crippen molar-refractivity contribution in [1.82, 2.24) is 24.1 Å². The molecule has 0 atom stereocenters. The highest BCUT2D eigenvalue weighted by Crippen LogP contribution is 2.29. The molecule has 13 heteroatoms. The van der Waals surface area contributed by atoms with Gasteiger partial charge in [0.2, 0.25) is 11.7 Å². The number of anilines is 3. The fourth-order valence-electron chi connectivity index (χ4n) is 6.21. The first kappa shape index (κ1) is 28.6. The molecule has 0 saturated carbocycles. The molecule has 0 bridgehead atoms. The highest BCUT2D eigenvalue weighted by Gasteiger charge is 2.29. The summed E-state index contributed by atoms with van der Waals surface area (Å²) in [6.07, 6.45) is 6.32. The van der Waals surface area contributed by atoms with Crippen molar-refractivity contribution in [1.29, 1.82) is 0 Å². The van der Waals surface area contributed by atoms with E-state index >= 15 is 0 Å². The number of hydrogen-bond acceptors (Lipinski definition) is 10. The lowest BCUT2D eigenvalue weighted by Crippen LogP contribution is -2.49. The van der Waals surface area contributed by atoms with Gasteiger partial charge in [-0.1, -0.05) is 19.1 Å². The van der Waals surface area contributed by atoms with Gasteiger partial charge in [0, 0.05) is 37.8 Å². The molecule has 0 aliphatic carbocycles. The van der Waals surface area contributed by atoms with E-state index < -0.39 is 0 Å². The number of carbonyl (C=O) groups is 1. The van der Waals surface area contributed by atoms with Gasteiger partial charge in [0.05, 0.1) is 30.9 Å². The van der Waals surface area contributed by atoms with Crippen molar-refractivity contribution in [2.45, 2.75) is 33.2 Å². The van der Waals surface area contributed by atoms with Crippen LogP contribution < -0.4 is 20.7 Å². The molecule has 1 amide bonds. The average molecular weight is 611 g/mol. The molecule has 2 aliphatic rings. The second-order valence-corrected chi connectivity index (χ2v) is 11.2. The van der Waals surface area contributed by atoms with E-state index in [-0.39, 0.29) is 23.8 Å². The summed E-state index contributed by atoms with van der Waals surface area (Å²) in [5.41, 5.74) is 4.17. The summed E-state index contributed by atoms with van der Waals surface area (Å²) >= 11 is 0. The molecule has 0 spiro atoms. The topological polar surface area (TPSA) is 143 Å². The van der Waals surface area contributed by atoms with Crippen LogP contribution in [0.1, 0.15) is 30.4 Å². The summed E-state index contributed by atoms with van der Waals surface area (Å²) in [6, 6.07) is 8.92. The highest BCUT2D eigenvalue weighted by molar-refractivity contribution is 6.01. The van der Waals surface area contributed by atoms with Crippen LogP contribution in [0.2, 0.25) is 0 Å². The molecule has 6 heterocycles. The van der Waals surface area contributed by atoms with Crippen LogP contribution >= 0.6 is 0 Å². The van der Waals surface area contributed by atoms with Gasteiger partial charge in [-0.15, -0.1) is 5.10 Å². The Bertz CT molecular complexity index is 2000. The molecule has 45 heavy (non-hydrogen) atoms. The monoisotopic (exact) mass is 610 g/mol. The molecule has 5 aromatic rings. The first-order valence-electron chi connectivity index (χ1n) is 15.1. The third-order valence-corrected chi connectivity index (χ3v) is 8.46. The van der Waals surface area contributed by atoms with Crippen LogP contribution in [0.25, 0.3) is 22.3 Å². The second kappa shape index (κ2) is 11.7. The Kier molecular flexibility index (Phi) is 7.45. The van der Waals surface area contributed by atoms with Crippen molar-refractivity contribution in [3.63, 3.8) is 0 Å². The minimum absolute atomic E-state index is 0.0742. The maximum absolute atomic E-state index is 14.2. The maximum atomic E-state index is 14.2. The number of ether oxygens (including phenoxy) is 1. The third kappa shape index (κ3) is 5.18. The minimum atomic E-state index is -0.280. The van der Waals surface area contributed by atoms with Crippen molar-refractivity contribution in [2.24, 2.45) is 0 Å². The number of rotatable bonds is 7.